The standard InChI is InChI=1S/C18H23NO/c19-18(15-7-2-1-3-8-15)13-20-17-11-10-14-6-4-5-9-16(14)12-17/h4-6,9-12,15,18H,1-3,7-8,13,19H2. The van der Waals surface area contributed by atoms with Crippen molar-refractivity contribution < 1.29 is 4.74 Å². The third-order valence-electron chi connectivity index (χ3n) is 4.42. The first-order valence-electron chi connectivity index (χ1n) is 7.70. The van der Waals surface area contributed by atoms with E-state index in [2.05, 4.69) is 36.4 Å². The number of fused-ring (bicyclic) bond motifs is 1. The zero-order valence-corrected chi connectivity index (χ0v) is 11.9. The molecular weight excluding hydrogens is 246 g/mol. The monoisotopic (exact) mass is 269 g/mol. The minimum absolute atomic E-state index is 0.168. The molecule has 1 fully saturated rings. The van der Waals surface area contributed by atoms with Gasteiger partial charge in [0.25, 0.3) is 0 Å². The molecule has 2 N–H and O–H groups in total. The van der Waals surface area contributed by atoms with Crippen LogP contribution in [0.1, 0.15) is 32.1 Å². The summed E-state index contributed by atoms with van der Waals surface area (Å²) >= 11 is 0. The second-order valence-electron chi connectivity index (χ2n) is 5.88. The summed E-state index contributed by atoms with van der Waals surface area (Å²) in [6.07, 6.45) is 6.56. The molecule has 20 heavy (non-hydrogen) atoms. The first-order valence-corrected chi connectivity index (χ1v) is 7.70. The Morgan fingerprint density at radius 3 is 2.55 bits per heavy atom. The van der Waals surface area contributed by atoms with Crippen LogP contribution in [0.4, 0.5) is 0 Å². The van der Waals surface area contributed by atoms with Gasteiger partial charge in [-0.25, -0.2) is 0 Å². The lowest BCUT2D eigenvalue weighted by Crippen LogP contribution is -2.37. The largest absolute Gasteiger partial charge is 0.492 e. The summed E-state index contributed by atoms with van der Waals surface area (Å²) in [5.41, 5.74) is 6.28. The predicted molar refractivity (Wildman–Crippen MR) is 84.0 cm³/mol. The fourth-order valence-corrected chi connectivity index (χ4v) is 3.15. The molecule has 0 amide bonds. The molecule has 2 heteroatoms. The van der Waals surface area contributed by atoms with E-state index in [1.165, 1.54) is 42.9 Å². The summed E-state index contributed by atoms with van der Waals surface area (Å²) in [5.74, 6) is 1.57. The Labute approximate surface area is 120 Å². The van der Waals surface area contributed by atoms with Crippen molar-refractivity contribution in [1.82, 2.24) is 0 Å². The number of hydrogen-bond donors (Lipinski definition) is 1. The molecule has 0 bridgehead atoms. The molecule has 2 aromatic carbocycles. The van der Waals surface area contributed by atoms with Crippen LogP contribution in [0, 0.1) is 5.92 Å². The Balaban J connectivity index is 1.61. The Morgan fingerprint density at radius 2 is 1.75 bits per heavy atom. The maximum Gasteiger partial charge on any atom is 0.120 e. The first-order chi connectivity index (χ1) is 9.83. The van der Waals surface area contributed by atoms with Gasteiger partial charge in [-0.1, -0.05) is 49.6 Å². The van der Waals surface area contributed by atoms with Crippen molar-refractivity contribution in [3.05, 3.63) is 42.5 Å². The number of ether oxygens (including phenoxy) is 1. The van der Waals surface area contributed by atoms with Crippen LogP contribution in [-0.2, 0) is 0 Å². The van der Waals surface area contributed by atoms with Crippen LogP contribution in [0.15, 0.2) is 42.5 Å². The Bertz CT molecular complexity index is 560. The highest BCUT2D eigenvalue weighted by atomic mass is 16.5. The topological polar surface area (TPSA) is 35.2 Å². The second-order valence-corrected chi connectivity index (χ2v) is 5.88. The summed E-state index contributed by atoms with van der Waals surface area (Å²) < 4.78 is 5.90. The van der Waals surface area contributed by atoms with Crippen LogP contribution < -0.4 is 10.5 Å². The summed E-state index contributed by atoms with van der Waals surface area (Å²) in [6.45, 7) is 0.628. The van der Waals surface area contributed by atoms with Crippen molar-refractivity contribution >= 4 is 10.8 Å². The van der Waals surface area contributed by atoms with Crippen LogP contribution in [0.2, 0.25) is 0 Å². The van der Waals surface area contributed by atoms with Gasteiger partial charge in [0.15, 0.2) is 0 Å². The molecule has 0 aliphatic heterocycles. The molecule has 106 valence electrons. The number of benzene rings is 2. The van der Waals surface area contributed by atoms with Crippen molar-refractivity contribution in [3.63, 3.8) is 0 Å². The summed E-state index contributed by atoms with van der Waals surface area (Å²) in [5, 5.41) is 2.47. The lowest BCUT2D eigenvalue weighted by Gasteiger charge is -2.27. The van der Waals surface area contributed by atoms with Crippen molar-refractivity contribution in [3.8, 4) is 5.75 Å². The highest BCUT2D eigenvalue weighted by Gasteiger charge is 2.20. The van der Waals surface area contributed by atoms with Crippen LogP contribution in [0.25, 0.3) is 10.8 Å². The zero-order chi connectivity index (χ0) is 13.8. The molecule has 1 saturated carbocycles. The van der Waals surface area contributed by atoms with Crippen molar-refractivity contribution in [1.29, 1.82) is 0 Å². The van der Waals surface area contributed by atoms with Crippen molar-refractivity contribution in [2.45, 2.75) is 38.1 Å². The average Bonchev–Trinajstić information content (AvgIpc) is 2.53. The molecular formula is C18H23NO. The van der Waals surface area contributed by atoms with E-state index in [0.29, 0.717) is 12.5 Å². The van der Waals surface area contributed by atoms with Gasteiger partial charge in [-0.15, -0.1) is 0 Å². The van der Waals surface area contributed by atoms with E-state index >= 15 is 0 Å². The maximum atomic E-state index is 6.28. The van der Waals surface area contributed by atoms with Gasteiger partial charge in [0.1, 0.15) is 12.4 Å². The van der Waals surface area contributed by atoms with Gasteiger partial charge in [0.2, 0.25) is 0 Å². The van der Waals surface area contributed by atoms with E-state index in [0.717, 1.165) is 5.75 Å². The molecule has 2 nitrogen and oxygen atoms in total. The molecule has 0 saturated heterocycles. The van der Waals surface area contributed by atoms with Crippen LogP contribution >= 0.6 is 0 Å². The number of nitrogens with two attached hydrogens (primary N) is 1. The van der Waals surface area contributed by atoms with Gasteiger partial charge in [-0.2, -0.15) is 0 Å². The second kappa shape index (κ2) is 6.27. The average molecular weight is 269 g/mol. The fraction of sp³-hybridized carbons (Fsp3) is 0.444. The smallest absolute Gasteiger partial charge is 0.120 e. The van der Waals surface area contributed by atoms with E-state index in [4.69, 9.17) is 10.5 Å². The summed E-state index contributed by atoms with van der Waals surface area (Å²) in [7, 11) is 0. The number of rotatable bonds is 4. The Hall–Kier alpha value is -1.54. The highest BCUT2D eigenvalue weighted by Crippen LogP contribution is 2.26. The van der Waals surface area contributed by atoms with Gasteiger partial charge >= 0.3 is 0 Å². The lowest BCUT2D eigenvalue weighted by atomic mass is 9.84. The van der Waals surface area contributed by atoms with Crippen LogP contribution in [0.5, 0.6) is 5.75 Å². The molecule has 0 heterocycles. The molecule has 3 rings (SSSR count). The first kappa shape index (κ1) is 13.4. The highest BCUT2D eigenvalue weighted by molar-refractivity contribution is 5.83. The summed E-state index contributed by atoms with van der Waals surface area (Å²) in [4.78, 5) is 0. The molecule has 0 radical (unpaired) electrons. The fourth-order valence-electron chi connectivity index (χ4n) is 3.15. The van der Waals surface area contributed by atoms with Crippen LogP contribution in [0.3, 0.4) is 0 Å². The van der Waals surface area contributed by atoms with E-state index in [1.54, 1.807) is 0 Å². The molecule has 1 aliphatic rings. The van der Waals surface area contributed by atoms with Crippen LogP contribution in [-0.4, -0.2) is 12.6 Å². The normalized spacial score (nSPS) is 18.1. The molecule has 1 unspecified atom stereocenters. The molecule has 0 spiro atoms. The van der Waals surface area contributed by atoms with E-state index in [1.807, 2.05) is 6.07 Å². The van der Waals surface area contributed by atoms with E-state index in [9.17, 15) is 0 Å². The van der Waals surface area contributed by atoms with Gasteiger partial charge in [0.05, 0.1) is 0 Å². The minimum Gasteiger partial charge on any atom is -0.492 e. The number of hydrogen-bond acceptors (Lipinski definition) is 2. The molecule has 2 aromatic rings. The summed E-state index contributed by atoms with van der Waals surface area (Å²) in [6, 6.07) is 14.8. The Morgan fingerprint density at radius 1 is 1.00 bits per heavy atom. The lowest BCUT2D eigenvalue weighted by molar-refractivity contribution is 0.214. The minimum atomic E-state index is 0.168. The van der Waals surface area contributed by atoms with Gasteiger partial charge < -0.3 is 10.5 Å². The third kappa shape index (κ3) is 3.13. The quantitative estimate of drug-likeness (QED) is 0.906. The third-order valence-corrected chi connectivity index (χ3v) is 4.42. The molecule has 1 aliphatic carbocycles. The molecule has 1 atom stereocenters. The van der Waals surface area contributed by atoms with E-state index < -0.39 is 0 Å². The molecule has 0 aromatic heterocycles. The van der Waals surface area contributed by atoms with Crippen molar-refractivity contribution in [2.75, 3.05) is 6.61 Å². The van der Waals surface area contributed by atoms with Crippen molar-refractivity contribution in [2.24, 2.45) is 11.7 Å². The predicted octanol–water partition coefficient (Wildman–Crippen LogP) is 4.13. The van der Waals surface area contributed by atoms with Gasteiger partial charge in [-0.05, 0) is 41.7 Å². The zero-order valence-electron chi connectivity index (χ0n) is 11.9. The van der Waals surface area contributed by atoms with E-state index in [-0.39, 0.29) is 6.04 Å². The van der Waals surface area contributed by atoms with Gasteiger partial charge in [0, 0.05) is 6.04 Å². The van der Waals surface area contributed by atoms with Gasteiger partial charge in [-0.3, -0.25) is 0 Å². The maximum absolute atomic E-state index is 6.28. The Kier molecular flexibility index (Phi) is 4.22. The SMILES string of the molecule is NC(COc1ccc2ccccc2c1)C1CCCCC1.